The second-order valence-electron chi connectivity index (χ2n) is 21.4. The first-order chi connectivity index (χ1) is 34.9. The maximum atomic E-state index is 15.1. The van der Waals surface area contributed by atoms with Crippen molar-refractivity contribution in [1.29, 1.82) is 0 Å². The van der Waals surface area contributed by atoms with Crippen LogP contribution in [0.5, 0.6) is 46.0 Å². The van der Waals surface area contributed by atoms with Crippen molar-refractivity contribution in [2.24, 2.45) is 41.2 Å². The Morgan fingerprint density at radius 2 is 1.62 bits per heavy atom. The van der Waals surface area contributed by atoms with Gasteiger partial charge in [-0.1, -0.05) is 48.5 Å². The van der Waals surface area contributed by atoms with Gasteiger partial charge in [0.2, 0.25) is 5.75 Å². The predicted octanol–water partition coefficient (Wildman–Crippen LogP) is 9.27. The second-order valence-corrected chi connectivity index (χ2v) is 21.4. The number of carbonyl (C=O) groups is 1. The number of aliphatic hydroxyl groups is 2. The highest BCUT2D eigenvalue weighted by Gasteiger charge is 2.65. The van der Waals surface area contributed by atoms with E-state index in [1.54, 1.807) is 48.5 Å². The first kappa shape index (κ1) is 47.6. The van der Waals surface area contributed by atoms with Crippen LogP contribution in [0.2, 0.25) is 0 Å². The minimum atomic E-state index is -1.13. The molecular formula is C59H64N2O11. The lowest BCUT2D eigenvalue weighted by molar-refractivity contribution is -0.136. The summed E-state index contributed by atoms with van der Waals surface area (Å²) in [6, 6.07) is 28.8. The Balaban J connectivity index is 1.09. The van der Waals surface area contributed by atoms with Crippen LogP contribution in [0, 0.1) is 35.5 Å². The number of hydrogen-bond acceptors (Lipinski definition) is 12. The summed E-state index contributed by atoms with van der Waals surface area (Å²) in [5.74, 6) is -2.92. The minimum Gasteiger partial charge on any atom is -0.508 e. The minimum absolute atomic E-state index is 0.00343. The summed E-state index contributed by atoms with van der Waals surface area (Å²) in [4.78, 5) is 18.7. The molecule has 6 aromatic rings. The van der Waals surface area contributed by atoms with Gasteiger partial charge in [0.25, 0.3) is 0 Å². The van der Waals surface area contributed by atoms with Crippen LogP contribution >= 0.6 is 0 Å². The van der Waals surface area contributed by atoms with E-state index in [-0.39, 0.29) is 114 Å². The van der Waals surface area contributed by atoms with Crippen LogP contribution in [-0.4, -0.2) is 71.1 Å². The fraction of sp³-hybridized carbons (Fsp3) is 0.407. The third-order valence-corrected chi connectivity index (χ3v) is 17.8. The van der Waals surface area contributed by atoms with Crippen molar-refractivity contribution in [2.75, 3.05) is 13.3 Å². The van der Waals surface area contributed by atoms with E-state index in [0.29, 0.717) is 49.7 Å². The number of fused-ring (bicyclic) bond motifs is 8. The van der Waals surface area contributed by atoms with Crippen molar-refractivity contribution in [1.82, 2.24) is 4.98 Å². The van der Waals surface area contributed by atoms with Gasteiger partial charge in [-0.3, -0.25) is 10.5 Å². The molecule has 12 rings (SSSR count). The highest BCUT2D eigenvalue weighted by Crippen LogP contribution is 2.73. The van der Waals surface area contributed by atoms with Crippen LogP contribution in [0.3, 0.4) is 0 Å². The number of nitrogens with two attached hydrogens (primary N) is 1. The smallest absolute Gasteiger partial charge is 0.200 e. The molecule has 0 amide bonds. The van der Waals surface area contributed by atoms with Crippen LogP contribution in [0.15, 0.2) is 103 Å². The number of aromatic nitrogens is 1. The highest BCUT2D eigenvalue weighted by atomic mass is 16.5. The molecule has 0 saturated heterocycles. The summed E-state index contributed by atoms with van der Waals surface area (Å²) < 4.78 is 12.1. The molecule has 1 heterocycles. The number of aromatic amines is 1. The number of aryl methyl sites for hydroxylation is 1. The molecule has 5 aromatic carbocycles. The third kappa shape index (κ3) is 8.10. The Labute approximate surface area is 418 Å². The number of phenols is 6. The lowest BCUT2D eigenvalue weighted by atomic mass is 9.49. The fourth-order valence-electron chi connectivity index (χ4n) is 15.1. The highest BCUT2D eigenvalue weighted by molar-refractivity contribution is 5.82. The molecule has 0 aliphatic heterocycles. The maximum absolute atomic E-state index is 15.1. The number of rotatable bonds is 15. The predicted molar refractivity (Wildman–Crippen MR) is 269 cm³/mol. The van der Waals surface area contributed by atoms with E-state index in [4.69, 9.17) is 15.2 Å². The zero-order valence-corrected chi connectivity index (χ0v) is 40.2. The normalized spacial score (nSPS) is 27.7. The van der Waals surface area contributed by atoms with Gasteiger partial charge in [-0.2, -0.15) is 0 Å². The summed E-state index contributed by atoms with van der Waals surface area (Å²) >= 11 is 0. The number of ketones is 1. The van der Waals surface area contributed by atoms with Gasteiger partial charge in [-0.25, -0.2) is 0 Å². The standard InChI is InChI=1S/C59H64N2O11/c60-30-72-51-21-31(11-15-48(51)66)10-14-47(65)42-23-35(22-34-12-13-38(64)26-49(34)67)41-24-36-25-46(59-28-32(6-4-18-62)20-45(59)40-16-17-61-55(40)39-8-1-2-9-44(39)59)53(54(41)56(42)69)43-27-50(68)57(70)58(52(36)43)71-29-33-5-3-7-37(63)19-33/h1-3,5,7-9,11-13,15-17,19,21,26-27,32,35-36,41-42,45-46,53-54,56,61-64,66-70H,4,6,10,14,18,20,22-25,28-30,60H2. The lowest BCUT2D eigenvalue weighted by Gasteiger charge is -2.55. The summed E-state index contributed by atoms with van der Waals surface area (Å²) in [6.45, 7) is -0.0478. The fourth-order valence-corrected chi connectivity index (χ4v) is 15.1. The van der Waals surface area contributed by atoms with Gasteiger partial charge >= 0.3 is 0 Å². The van der Waals surface area contributed by atoms with Crippen molar-refractivity contribution < 1.29 is 55.1 Å². The third-order valence-electron chi connectivity index (χ3n) is 17.8. The quantitative estimate of drug-likeness (QED) is 0.0342. The zero-order valence-electron chi connectivity index (χ0n) is 40.2. The molecule has 0 spiro atoms. The van der Waals surface area contributed by atoms with Crippen molar-refractivity contribution in [3.8, 4) is 57.3 Å². The number of aliphatic hydroxyl groups excluding tert-OH is 2. The number of hydrogen-bond donors (Lipinski definition) is 10. The van der Waals surface area contributed by atoms with Gasteiger partial charge in [0.1, 0.15) is 36.4 Å². The summed E-state index contributed by atoms with van der Waals surface area (Å²) in [5.41, 5.74) is 13.5. The maximum Gasteiger partial charge on any atom is 0.200 e. The molecule has 11 N–H and O–H groups in total. The number of aromatic hydroxyl groups is 6. The Bertz CT molecular complexity index is 3000. The van der Waals surface area contributed by atoms with E-state index in [1.165, 1.54) is 23.3 Å². The molecule has 3 fully saturated rings. The Morgan fingerprint density at radius 3 is 2.43 bits per heavy atom. The van der Waals surface area contributed by atoms with Gasteiger partial charge in [-0.15, -0.1) is 0 Å². The van der Waals surface area contributed by atoms with E-state index in [1.807, 2.05) is 12.3 Å². The number of benzene rings is 5. The number of ether oxygens (including phenoxy) is 2. The number of phenolic OH excluding ortho intramolecular Hbond substituents is 6. The van der Waals surface area contributed by atoms with Gasteiger partial charge in [0.05, 0.1) is 6.10 Å². The molecule has 6 aliphatic rings. The Kier molecular flexibility index (Phi) is 12.6. The van der Waals surface area contributed by atoms with Crippen molar-refractivity contribution >= 4 is 5.78 Å². The number of nitrogens with one attached hydrogen (secondary N) is 1. The number of carbonyl (C=O) groups excluding carboxylic acids is 1. The van der Waals surface area contributed by atoms with E-state index in [2.05, 4.69) is 35.3 Å². The molecule has 0 radical (unpaired) electrons. The molecule has 13 heteroatoms. The monoisotopic (exact) mass is 976 g/mol. The van der Waals surface area contributed by atoms with Crippen molar-refractivity contribution in [2.45, 2.75) is 100 Å². The van der Waals surface area contributed by atoms with Crippen molar-refractivity contribution in [3.63, 3.8) is 0 Å². The number of Topliss-reactive ketones (excluding diaryl/α,β-unsaturated/α-hetero) is 1. The zero-order chi connectivity index (χ0) is 50.0. The summed E-state index contributed by atoms with van der Waals surface area (Å²) in [5, 5.41) is 90.0. The molecule has 11 unspecified atom stereocenters. The first-order valence-corrected chi connectivity index (χ1v) is 25.6. The molecule has 6 aliphatic carbocycles. The average molecular weight is 977 g/mol. The summed E-state index contributed by atoms with van der Waals surface area (Å²) in [7, 11) is 0. The second kappa shape index (κ2) is 19.1. The average Bonchev–Trinajstić information content (AvgIpc) is 3.94. The van der Waals surface area contributed by atoms with Crippen LogP contribution in [0.4, 0.5) is 0 Å². The first-order valence-electron chi connectivity index (χ1n) is 25.6. The topological polar surface area (TPSA) is 239 Å². The van der Waals surface area contributed by atoms with Gasteiger partial charge in [0.15, 0.2) is 23.0 Å². The largest absolute Gasteiger partial charge is 0.508 e. The number of H-pyrrole nitrogens is 1. The summed E-state index contributed by atoms with van der Waals surface area (Å²) in [6.07, 6.45) is 6.48. The molecular weight excluding hydrogens is 913 g/mol. The molecule has 13 nitrogen and oxygen atoms in total. The van der Waals surface area contributed by atoms with E-state index in [9.17, 15) is 40.9 Å². The Morgan fingerprint density at radius 1 is 0.792 bits per heavy atom. The Hall–Kier alpha value is -6.67. The van der Waals surface area contributed by atoms with Crippen LogP contribution in [0.1, 0.15) is 108 Å². The van der Waals surface area contributed by atoms with Gasteiger partial charge < -0.3 is 55.3 Å². The van der Waals surface area contributed by atoms with Crippen LogP contribution in [-0.2, 0) is 29.7 Å². The molecule has 11 atom stereocenters. The van der Waals surface area contributed by atoms with Crippen LogP contribution < -0.4 is 15.2 Å². The molecule has 1 aromatic heterocycles. The molecule has 3 saturated carbocycles. The van der Waals surface area contributed by atoms with E-state index >= 15 is 4.79 Å². The molecule has 72 heavy (non-hydrogen) atoms. The van der Waals surface area contributed by atoms with Crippen molar-refractivity contribution in [3.05, 3.63) is 142 Å². The lowest BCUT2D eigenvalue weighted by Crippen LogP contribution is -2.52. The molecule has 376 valence electrons. The van der Waals surface area contributed by atoms with Gasteiger partial charge in [-0.05, 0) is 181 Å². The molecule has 2 bridgehead atoms. The van der Waals surface area contributed by atoms with E-state index in [0.717, 1.165) is 47.2 Å². The SMILES string of the molecule is NCOc1cc(CCC(=O)C2CC(Cc3ccc(O)cc3O)C3CC4CC(C56CC(CCCO)CC5c5cc[nH]c5-c5ccccc56)C(c5cc(O)c(O)c(OCc6cccc(O)c6)c54)C3C2O)ccc1O. The van der Waals surface area contributed by atoms with E-state index < -0.39 is 29.3 Å². The van der Waals surface area contributed by atoms with Gasteiger partial charge in [0, 0.05) is 53.4 Å². The van der Waals surface area contributed by atoms with Crippen LogP contribution in [0.25, 0.3) is 11.3 Å².